The largest absolute Gasteiger partial charge is 0.497 e. The van der Waals surface area contributed by atoms with Crippen molar-refractivity contribution in [3.05, 3.63) is 89.5 Å². The highest BCUT2D eigenvalue weighted by atomic mass is 32.2. The van der Waals surface area contributed by atoms with Gasteiger partial charge in [-0.1, -0.05) is 29.8 Å². The van der Waals surface area contributed by atoms with E-state index in [9.17, 15) is 26.4 Å². The molecule has 35 heavy (non-hydrogen) atoms. The average molecular weight is 506 g/mol. The predicted octanol–water partition coefficient (Wildman–Crippen LogP) is 4.37. The first-order valence-corrected chi connectivity index (χ1v) is 11.7. The van der Waals surface area contributed by atoms with Crippen LogP contribution in [0.15, 0.2) is 82.8 Å². The van der Waals surface area contributed by atoms with Gasteiger partial charge in [0, 0.05) is 0 Å². The predicted molar refractivity (Wildman–Crippen MR) is 126 cm³/mol. The second-order valence-corrected chi connectivity index (χ2v) is 9.30. The number of sulfonamides is 1. The number of ether oxygens (including phenoxy) is 1. The zero-order chi connectivity index (χ0) is 25.6. The molecule has 7 nitrogen and oxygen atoms in total. The van der Waals surface area contributed by atoms with Crippen molar-refractivity contribution in [2.45, 2.75) is 18.0 Å². The number of amides is 1. The summed E-state index contributed by atoms with van der Waals surface area (Å²) in [5.74, 6) is -0.295. The van der Waals surface area contributed by atoms with Crippen LogP contribution >= 0.6 is 0 Å². The van der Waals surface area contributed by atoms with Gasteiger partial charge in [-0.15, -0.1) is 0 Å². The Morgan fingerprint density at radius 1 is 1.06 bits per heavy atom. The van der Waals surface area contributed by atoms with Gasteiger partial charge in [0.25, 0.3) is 15.9 Å². The van der Waals surface area contributed by atoms with Crippen LogP contribution in [0.1, 0.15) is 16.7 Å². The molecule has 0 atom stereocenters. The minimum atomic E-state index is -4.52. The molecular formula is C24H22F3N3O4S. The monoisotopic (exact) mass is 505 g/mol. The van der Waals surface area contributed by atoms with Gasteiger partial charge in [0.1, 0.15) is 12.3 Å². The van der Waals surface area contributed by atoms with Crippen LogP contribution in [0.5, 0.6) is 5.75 Å². The van der Waals surface area contributed by atoms with E-state index in [1.54, 1.807) is 24.3 Å². The summed E-state index contributed by atoms with van der Waals surface area (Å²) in [6, 6.07) is 16.6. The Morgan fingerprint density at radius 2 is 1.71 bits per heavy atom. The standard InChI is InChI=1S/C24H22F3N3O4S/c1-17-6-12-22(13-7-17)35(32,33)30(20-8-10-21(34-2)11-9-20)16-23(31)29-28-15-18-4-3-5-19(14-18)24(25,26)27/h3-15H,16H2,1-2H3,(H,29,31)/b28-15-. The maximum absolute atomic E-state index is 13.3. The van der Waals surface area contributed by atoms with Crippen molar-refractivity contribution in [3.63, 3.8) is 0 Å². The van der Waals surface area contributed by atoms with E-state index in [1.807, 2.05) is 6.92 Å². The molecule has 0 aliphatic heterocycles. The minimum absolute atomic E-state index is 0.0146. The molecule has 184 valence electrons. The molecule has 0 saturated heterocycles. The molecule has 0 spiro atoms. The molecule has 0 radical (unpaired) electrons. The lowest BCUT2D eigenvalue weighted by atomic mass is 10.1. The Labute approximate surface area is 200 Å². The SMILES string of the molecule is COc1ccc(N(CC(=O)N/N=C\c2cccc(C(F)(F)F)c2)S(=O)(=O)c2ccc(C)cc2)cc1. The number of hydrogen-bond donors (Lipinski definition) is 1. The topological polar surface area (TPSA) is 88.1 Å². The third-order valence-corrected chi connectivity index (χ3v) is 6.66. The fourth-order valence-electron chi connectivity index (χ4n) is 3.04. The van der Waals surface area contributed by atoms with Crippen LogP contribution in [0.2, 0.25) is 0 Å². The Bertz CT molecular complexity index is 1310. The molecule has 0 aliphatic carbocycles. The highest BCUT2D eigenvalue weighted by molar-refractivity contribution is 7.92. The van der Waals surface area contributed by atoms with E-state index in [4.69, 9.17) is 4.74 Å². The van der Waals surface area contributed by atoms with Crippen LogP contribution in [-0.4, -0.2) is 34.2 Å². The molecule has 0 aliphatic rings. The zero-order valence-electron chi connectivity index (χ0n) is 18.8. The van der Waals surface area contributed by atoms with Crippen molar-refractivity contribution in [1.82, 2.24) is 5.43 Å². The summed E-state index contributed by atoms with van der Waals surface area (Å²) in [4.78, 5) is 12.5. The van der Waals surface area contributed by atoms with E-state index in [2.05, 4.69) is 10.5 Å². The molecule has 1 amide bonds. The van der Waals surface area contributed by atoms with Crippen molar-refractivity contribution in [3.8, 4) is 5.75 Å². The van der Waals surface area contributed by atoms with E-state index in [0.717, 1.165) is 28.2 Å². The van der Waals surface area contributed by atoms with Crippen molar-refractivity contribution >= 4 is 27.8 Å². The van der Waals surface area contributed by atoms with Crippen molar-refractivity contribution in [1.29, 1.82) is 0 Å². The highest BCUT2D eigenvalue weighted by Crippen LogP contribution is 2.29. The smallest absolute Gasteiger partial charge is 0.416 e. The maximum atomic E-state index is 13.3. The number of halogens is 3. The van der Waals surface area contributed by atoms with Gasteiger partial charge in [0.2, 0.25) is 0 Å². The van der Waals surface area contributed by atoms with Gasteiger partial charge in [0.05, 0.1) is 29.5 Å². The molecule has 3 aromatic rings. The summed E-state index contributed by atoms with van der Waals surface area (Å²) in [6.45, 7) is 1.19. The lowest BCUT2D eigenvalue weighted by Gasteiger charge is -2.24. The number of aryl methyl sites for hydroxylation is 1. The molecular weight excluding hydrogens is 483 g/mol. The number of methoxy groups -OCH3 is 1. The average Bonchev–Trinajstić information content (AvgIpc) is 2.82. The van der Waals surface area contributed by atoms with Crippen LogP contribution in [0.4, 0.5) is 18.9 Å². The first-order valence-electron chi connectivity index (χ1n) is 10.2. The van der Waals surface area contributed by atoms with Crippen molar-refractivity contribution in [2.24, 2.45) is 5.10 Å². The second-order valence-electron chi connectivity index (χ2n) is 7.44. The third kappa shape index (κ3) is 6.60. The van der Waals surface area contributed by atoms with E-state index in [-0.39, 0.29) is 16.1 Å². The van der Waals surface area contributed by atoms with Crippen LogP contribution in [-0.2, 0) is 21.0 Å². The number of alkyl halides is 3. The number of carbonyl (C=O) groups is 1. The number of rotatable bonds is 8. The molecule has 0 bridgehead atoms. The first kappa shape index (κ1) is 25.8. The van der Waals surface area contributed by atoms with Gasteiger partial charge in [-0.05, 0) is 61.0 Å². The van der Waals surface area contributed by atoms with Crippen LogP contribution in [0, 0.1) is 6.92 Å². The van der Waals surface area contributed by atoms with Crippen molar-refractivity contribution in [2.75, 3.05) is 18.0 Å². The van der Waals surface area contributed by atoms with Gasteiger partial charge in [-0.3, -0.25) is 9.10 Å². The number of hydrogen-bond acceptors (Lipinski definition) is 5. The molecule has 11 heteroatoms. The van der Waals surface area contributed by atoms with Gasteiger partial charge in [-0.25, -0.2) is 13.8 Å². The van der Waals surface area contributed by atoms with Gasteiger partial charge >= 0.3 is 6.18 Å². The van der Waals surface area contributed by atoms with Gasteiger partial charge in [-0.2, -0.15) is 18.3 Å². The Kier molecular flexibility index (Phi) is 7.80. The summed E-state index contributed by atoms with van der Waals surface area (Å²) in [5, 5.41) is 3.67. The van der Waals surface area contributed by atoms with E-state index in [1.165, 1.54) is 43.5 Å². The third-order valence-electron chi connectivity index (χ3n) is 4.87. The molecule has 1 N–H and O–H groups in total. The number of carbonyl (C=O) groups excluding carboxylic acids is 1. The highest BCUT2D eigenvalue weighted by Gasteiger charge is 2.30. The summed E-state index contributed by atoms with van der Waals surface area (Å²) in [7, 11) is -2.67. The van der Waals surface area contributed by atoms with E-state index in [0.29, 0.717) is 5.75 Å². The number of nitrogens with zero attached hydrogens (tertiary/aromatic N) is 2. The minimum Gasteiger partial charge on any atom is -0.497 e. The lowest BCUT2D eigenvalue weighted by Crippen LogP contribution is -2.39. The Morgan fingerprint density at radius 3 is 2.31 bits per heavy atom. The number of hydrazone groups is 1. The summed E-state index contributed by atoms with van der Waals surface area (Å²) >= 11 is 0. The molecule has 0 aromatic heterocycles. The van der Waals surface area contributed by atoms with E-state index < -0.39 is 34.2 Å². The molecule has 0 fully saturated rings. The quantitative estimate of drug-likeness (QED) is 0.364. The Balaban J connectivity index is 1.82. The van der Waals surface area contributed by atoms with Gasteiger partial charge < -0.3 is 4.74 Å². The maximum Gasteiger partial charge on any atom is 0.416 e. The summed E-state index contributed by atoms with van der Waals surface area (Å²) in [6.07, 6.45) is -3.48. The number of benzene rings is 3. The summed E-state index contributed by atoms with van der Waals surface area (Å²) in [5.41, 5.74) is 2.49. The fraction of sp³-hybridized carbons (Fsp3) is 0.167. The normalized spacial score (nSPS) is 11.9. The zero-order valence-corrected chi connectivity index (χ0v) is 19.6. The first-order chi connectivity index (χ1) is 16.5. The molecule has 3 rings (SSSR count). The Hall–Kier alpha value is -3.86. The van der Waals surface area contributed by atoms with Crippen molar-refractivity contribution < 1.29 is 31.1 Å². The number of nitrogens with one attached hydrogen (secondary N) is 1. The molecule has 0 heterocycles. The molecule has 0 saturated carbocycles. The fourth-order valence-corrected chi connectivity index (χ4v) is 4.46. The van der Waals surface area contributed by atoms with Crippen LogP contribution in [0.25, 0.3) is 0 Å². The summed E-state index contributed by atoms with van der Waals surface area (Å²) < 4.78 is 71.3. The molecule has 0 unspecified atom stereocenters. The van der Waals surface area contributed by atoms with Crippen LogP contribution < -0.4 is 14.5 Å². The lowest BCUT2D eigenvalue weighted by molar-refractivity contribution is -0.137. The number of anilines is 1. The van der Waals surface area contributed by atoms with E-state index >= 15 is 0 Å². The second kappa shape index (κ2) is 10.6. The van der Waals surface area contributed by atoms with Crippen LogP contribution in [0.3, 0.4) is 0 Å². The van der Waals surface area contributed by atoms with Gasteiger partial charge in [0.15, 0.2) is 0 Å². The molecule has 3 aromatic carbocycles.